The van der Waals surface area contributed by atoms with Gasteiger partial charge in [-0.2, -0.15) is 4.98 Å². The first-order valence-corrected chi connectivity index (χ1v) is 5.33. The summed E-state index contributed by atoms with van der Waals surface area (Å²) in [6.45, 7) is 4.20. The van der Waals surface area contributed by atoms with Crippen LogP contribution in [-0.4, -0.2) is 23.1 Å². The van der Waals surface area contributed by atoms with Gasteiger partial charge < -0.3 is 10.1 Å². The van der Waals surface area contributed by atoms with Gasteiger partial charge in [-0.15, -0.1) is 0 Å². The van der Waals surface area contributed by atoms with Crippen molar-refractivity contribution >= 4 is 5.95 Å². The van der Waals surface area contributed by atoms with Crippen LogP contribution in [0, 0.1) is 12.8 Å². The van der Waals surface area contributed by atoms with Crippen molar-refractivity contribution in [1.82, 2.24) is 9.97 Å². The van der Waals surface area contributed by atoms with Gasteiger partial charge >= 0.3 is 0 Å². The number of hydrogen-bond donors (Lipinski definition) is 1. The smallest absolute Gasteiger partial charge is 0.226 e. The van der Waals surface area contributed by atoms with Gasteiger partial charge in [0, 0.05) is 17.8 Å². The van der Waals surface area contributed by atoms with E-state index in [0.717, 1.165) is 11.6 Å². The van der Waals surface area contributed by atoms with E-state index in [0.29, 0.717) is 17.9 Å². The maximum atomic E-state index is 5.10. The molecule has 1 fully saturated rings. The molecule has 4 heteroatoms. The Kier molecular flexibility index (Phi) is 2.75. The van der Waals surface area contributed by atoms with Crippen LogP contribution in [-0.2, 0) is 0 Å². The molecule has 4 nitrogen and oxygen atoms in total. The Balaban J connectivity index is 2.04. The summed E-state index contributed by atoms with van der Waals surface area (Å²) >= 11 is 0. The lowest BCUT2D eigenvalue weighted by molar-refractivity contribution is 0.307. The molecule has 0 unspecified atom stereocenters. The van der Waals surface area contributed by atoms with E-state index in [-0.39, 0.29) is 0 Å². The molecule has 1 saturated carbocycles. The van der Waals surface area contributed by atoms with Gasteiger partial charge in [0.1, 0.15) is 0 Å². The number of hydrogen-bond acceptors (Lipinski definition) is 4. The summed E-state index contributed by atoms with van der Waals surface area (Å²) in [6, 6.07) is 2.36. The van der Waals surface area contributed by atoms with Crippen LogP contribution in [0.4, 0.5) is 5.95 Å². The third-order valence-corrected chi connectivity index (χ3v) is 2.75. The maximum absolute atomic E-state index is 5.10. The zero-order valence-corrected chi connectivity index (χ0v) is 9.45. The molecule has 0 radical (unpaired) electrons. The van der Waals surface area contributed by atoms with Crippen molar-refractivity contribution < 1.29 is 4.74 Å². The second-order valence-corrected chi connectivity index (χ2v) is 4.29. The van der Waals surface area contributed by atoms with E-state index in [2.05, 4.69) is 22.2 Å². The molecule has 0 aliphatic heterocycles. The first-order chi connectivity index (χ1) is 7.17. The quantitative estimate of drug-likeness (QED) is 0.823. The Hall–Kier alpha value is -1.32. The summed E-state index contributed by atoms with van der Waals surface area (Å²) in [4.78, 5) is 8.58. The lowest BCUT2D eigenvalue weighted by Gasteiger charge is -2.33. The largest absolute Gasteiger partial charge is 0.481 e. The first-order valence-electron chi connectivity index (χ1n) is 5.33. The first kappa shape index (κ1) is 10.2. The Morgan fingerprint density at radius 3 is 2.73 bits per heavy atom. The fraction of sp³-hybridized carbons (Fsp3) is 0.636. The van der Waals surface area contributed by atoms with Crippen LogP contribution in [0.15, 0.2) is 6.07 Å². The zero-order chi connectivity index (χ0) is 10.8. The van der Waals surface area contributed by atoms with Crippen molar-refractivity contribution in [3.63, 3.8) is 0 Å². The minimum absolute atomic E-state index is 0.534. The summed E-state index contributed by atoms with van der Waals surface area (Å²) in [5.74, 6) is 2.13. The molecule has 0 bridgehead atoms. The second kappa shape index (κ2) is 4.04. The topological polar surface area (TPSA) is 47.0 Å². The molecule has 0 atom stereocenters. The third-order valence-electron chi connectivity index (χ3n) is 2.75. The lowest BCUT2D eigenvalue weighted by atomic mass is 9.82. The fourth-order valence-electron chi connectivity index (χ4n) is 1.91. The van der Waals surface area contributed by atoms with E-state index < -0.39 is 0 Å². The number of methoxy groups -OCH3 is 1. The van der Waals surface area contributed by atoms with Crippen LogP contribution >= 0.6 is 0 Å². The number of aromatic nitrogens is 2. The van der Waals surface area contributed by atoms with Gasteiger partial charge in [-0.3, -0.25) is 0 Å². The third kappa shape index (κ3) is 2.37. The molecule has 0 amide bonds. The van der Waals surface area contributed by atoms with E-state index in [1.807, 2.05) is 13.0 Å². The van der Waals surface area contributed by atoms with Gasteiger partial charge in [0.15, 0.2) is 0 Å². The van der Waals surface area contributed by atoms with Crippen molar-refractivity contribution in [3.8, 4) is 5.88 Å². The van der Waals surface area contributed by atoms with Crippen molar-refractivity contribution in [2.24, 2.45) is 5.92 Å². The van der Waals surface area contributed by atoms with E-state index in [1.54, 1.807) is 7.11 Å². The highest BCUT2D eigenvalue weighted by Gasteiger charge is 2.25. The van der Waals surface area contributed by atoms with E-state index in [4.69, 9.17) is 4.74 Å². The van der Waals surface area contributed by atoms with Crippen molar-refractivity contribution in [1.29, 1.82) is 0 Å². The molecule has 15 heavy (non-hydrogen) atoms. The molecule has 82 valence electrons. The highest BCUT2D eigenvalue weighted by Crippen LogP contribution is 2.28. The van der Waals surface area contributed by atoms with Crippen molar-refractivity contribution in [2.45, 2.75) is 32.7 Å². The Morgan fingerprint density at radius 1 is 1.40 bits per heavy atom. The van der Waals surface area contributed by atoms with Crippen LogP contribution < -0.4 is 10.1 Å². The molecule has 1 aromatic rings. The summed E-state index contributed by atoms with van der Waals surface area (Å²) in [5.41, 5.74) is 0.928. The Bertz CT molecular complexity index is 348. The van der Waals surface area contributed by atoms with E-state index in [9.17, 15) is 0 Å². The van der Waals surface area contributed by atoms with Crippen LogP contribution in [0.3, 0.4) is 0 Å². The number of nitrogens with one attached hydrogen (secondary N) is 1. The maximum Gasteiger partial charge on any atom is 0.226 e. The highest BCUT2D eigenvalue weighted by atomic mass is 16.5. The number of ether oxygens (including phenoxy) is 1. The lowest BCUT2D eigenvalue weighted by Crippen LogP contribution is -2.34. The molecular formula is C11H17N3O. The van der Waals surface area contributed by atoms with Gasteiger partial charge in [0.05, 0.1) is 7.11 Å². The molecule has 1 aromatic heterocycles. The van der Waals surface area contributed by atoms with Gasteiger partial charge in [-0.25, -0.2) is 4.98 Å². The van der Waals surface area contributed by atoms with Crippen LogP contribution in [0.1, 0.15) is 25.5 Å². The predicted molar refractivity (Wildman–Crippen MR) is 59.1 cm³/mol. The predicted octanol–water partition coefficient (Wildman–Crippen LogP) is 2.00. The molecule has 1 aliphatic rings. The van der Waals surface area contributed by atoms with E-state index in [1.165, 1.54) is 12.8 Å². The highest BCUT2D eigenvalue weighted by molar-refractivity contribution is 5.32. The summed E-state index contributed by atoms with van der Waals surface area (Å²) < 4.78 is 5.10. The van der Waals surface area contributed by atoms with Gasteiger partial charge in [-0.05, 0) is 25.7 Å². The van der Waals surface area contributed by atoms with Crippen molar-refractivity contribution in [2.75, 3.05) is 12.4 Å². The minimum Gasteiger partial charge on any atom is -0.481 e. The van der Waals surface area contributed by atoms with Crippen molar-refractivity contribution in [3.05, 3.63) is 11.8 Å². The number of anilines is 1. The standard InChI is InChI=1S/C11H17N3O/c1-7-4-9(5-7)13-11-12-8(2)6-10(14-11)15-3/h6-7,9H,4-5H2,1-3H3,(H,12,13,14). The van der Waals surface area contributed by atoms with Crippen LogP contribution in [0.25, 0.3) is 0 Å². The van der Waals surface area contributed by atoms with Crippen LogP contribution in [0.5, 0.6) is 5.88 Å². The minimum atomic E-state index is 0.534. The number of aryl methyl sites for hydroxylation is 1. The number of nitrogens with zero attached hydrogens (tertiary/aromatic N) is 2. The normalized spacial score (nSPS) is 24.5. The molecule has 0 spiro atoms. The van der Waals surface area contributed by atoms with Gasteiger partial charge in [0.25, 0.3) is 0 Å². The molecule has 0 aromatic carbocycles. The fourth-order valence-corrected chi connectivity index (χ4v) is 1.91. The second-order valence-electron chi connectivity index (χ2n) is 4.29. The summed E-state index contributed by atoms with van der Waals surface area (Å²) in [6.07, 6.45) is 2.42. The summed E-state index contributed by atoms with van der Waals surface area (Å²) in [5, 5.41) is 3.32. The number of rotatable bonds is 3. The monoisotopic (exact) mass is 207 g/mol. The molecule has 1 aliphatic carbocycles. The average molecular weight is 207 g/mol. The Labute approximate surface area is 90.1 Å². The zero-order valence-electron chi connectivity index (χ0n) is 9.45. The Morgan fingerprint density at radius 2 is 2.13 bits per heavy atom. The van der Waals surface area contributed by atoms with Gasteiger partial charge in [0.2, 0.25) is 11.8 Å². The summed E-state index contributed by atoms with van der Waals surface area (Å²) in [7, 11) is 1.62. The molecule has 1 N–H and O–H groups in total. The average Bonchev–Trinajstić information content (AvgIpc) is 2.14. The molecule has 2 rings (SSSR count). The molecule has 0 saturated heterocycles. The molecular weight excluding hydrogens is 190 g/mol. The SMILES string of the molecule is COc1cc(C)nc(NC2CC(C)C2)n1. The van der Waals surface area contributed by atoms with Crippen LogP contribution in [0.2, 0.25) is 0 Å². The van der Waals surface area contributed by atoms with Gasteiger partial charge in [-0.1, -0.05) is 6.92 Å². The van der Waals surface area contributed by atoms with E-state index >= 15 is 0 Å². The molecule has 1 heterocycles.